The van der Waals surface area contributed by atoms with E-state index in [2.05, 4.69) is 10.6 Å². The Morgan fingerprint density at radius 2 is 1.93 bits per heavy atom. The molecular weight excluding hydrogens is 559 g/mol. The summed E-state index contributed by atoms with van der Waals surface area (Å²) in [5, 5.41) is 25.3. The van der Waals surface area contributed by atoms with Gasteiger partial charge in [-0.25, -0.2) is 14.0 Å². The van der Waals surface area contributed by atoms with E-state index in [9.17, 15) is 29.4 Å². The summed E-state index contributed by atoms with van der Waals surface area (Å²) in [6.45, 7) is 2.53. The fourth-order valence-corrected chi connectivity index (χ4v) is 5.49. The molecule has 2 aromatic carbocycles. The topological polar surface area (TPSA) is 150 Å². The lowest BCUT2D eigenvalue weighted by Crippen LogP contribution is -2.38. The Bertz CT molecular complexity index is 1620. The average molecular weight is 587 g/mol. The summed E-state index contributed by atoms with van der Waals surface area (Å²) >= 11 is 6.71. The van der Waals surface area contributed by atoms with Gasteiger partial charge in [0.15, 0.2) is 0 Å². The number of anilines is 2. The lowest BCUT2D eigenvalue weighted by molar-refractivity contribution is -0.115. The molecule has 3 aromatic rings. The minimum Gasteiger partial charge on any atom is -0.507 e. The second-order valence-corrected chi connectivity index (χ2v) is 10.4. The number of amides is 1. The number of nitrogens with one attached hydrogen (secondary N) is 2. The third kappa shape index (κ3) is 5.70. The Morgan fingerprint density at radius 3 is 2.59 bits per heavy atom. The average Bonchev–Trinajstić information content (AvgIpc) is 3.66. The van der Waals surface area contributed by atoms with E-state index in [0.717, 1.165) is 18.9 Å². The minimum atomic E-state index is -1.38. The van der Waals surface area contributed by atoms with Crippen molar-refractivity contribution in [2.45, 2.75) is 38.3 Å². The molecule has 1 amide bonds. The number of aromatic hydroxyl groups is 1. The van der Waals surface area contributed by atoms with Crippen LogP contribution in [-0.2, 0) is 9.53 Å². The van der Waals surface area contributed by atoms with E-state index < -0.39 is 28.7 Å². The van der Waals surface area contributed by atoms with Crippen LogP contribution in [0, 0.1) is 5.82 Å². The third-order valence-corrected chi connectivity index (χ3v) is 7.55. The van der Waals surface area contributed by atoms with Gasteiger partial charge >= 0.3 is 11.9 Å². The largest absolute Gasteiger partial charge is 0.507 e. The van der Waals surface area contributed by atoms with E-state index in [1.165, 1.54) is 24.4 Å². The molecule has 1 aliphatic heterocycles. The highest BCUT2D eigenvalue weighted by molar-refractivity contribution is 6.38. The van der Waals surface area contributed by atoms with Crippen molar-refractivity contribution in [3.05, 3.63) is 62.7 Å². The van der Waals surface area contributed by atoms with Crippen molar-refractivity contribution in [2.75, 3.05) is 36.5 Å². The minimum absolute atomic E-state index is 0.00921. The van der Waals surface area contributed by atoms with Gasteiger partial charge in [-0.15, -0.1) is 0 Å². The molecule has 0 radical (unpaired) electrons. The predicted molar refractivity (Wildman–Crippen MR) is 150 cm³/mol. The normalized spacial score (nSPS) is 16.7. The van der Waals surface area contributed by atoms with Crippen LogP contribution in [0.1, 0.15) is 52.9 Å². The van der Waals surface area contributed by atoms with Gasteiger partial charge in [-0.2, -0.15) is 0 Å². The van der Waals surface area contributed by atoms with Crippen LogP contribution < -0.4 is 21.0 Å². The van der Waals surface area contributed by atoms with Gasteiger partial charge in [0.1, 0.15) is 22.7 Å². The molecule has 2 fully saturated rings. The maximum Gasteiger partial charge on any atom is 0.341 e. The van der Waals surface area contributed by atoms with E-state index in [1.807, 2.05) is 0 Å². The van der Waals surface area contributed by atoms with Crippen molar-refractivity contribution < 1.29 is 33.7 Å². The van der Waals surface area contributed by atoms with Gasteiger partial charge in [-0.3, -0.25) is 9.59 Å². The first kappa shape index (κ1) is 28.4. The fraction of sp³-hybridized carbons (Fsp3) is 0.357. The maximum atomic E-state index is 15.4. The number of hydrogen-bond donors (Lipinski definition) is 4. The van der Waals surface area contributed by atoms with E-state index >= 15 is 4.39 Å². The number of rotatable bonds is 9. The number of carboxylic acid groups (broad SMARTS) is 1. The number of phenols is 1. The third-order valence-electron chi connectivity index (χ3n) is 7.19. The number of pyridine rings is 1. The number of aromatic carboxylic acids is 1. The summed E-state index contributed by atoms with van der Waals surface area (Å²) in [5.41, 5.74) is -0.483. The number of hydrogen-bond acceptors (Lipinski definition) is 8. The quantitative estimate of drug-likeness (QED) is 0.276. The first-order valence-corrected chi connectivity index (χ1v) is 13.5. The lowest BCUT2D eigenvalue weighted by Gasteiger charge is -2.23. The number of carbonyl (C=O) groups is 3. The molecule has 216 valence electrons. The Hall–Kier alpha value is -4.16. The second kappa shape index (κ2) is 11.4. The molecule has 2 heterocycles. The zero-order valence-corrected chi connectivity index (χ0v) is 22.8. The van der Waals surface area contributed by atoms with E-state index in [1.54, 1.807) is 16.4 Å². The summed E-state index contributed by atoms with van der Waals surface area (Å²) in [6.07, 6.45) is 3.47. The molecule has 2 aliphatic rings. The van der Waals surface area contributed by atoms with Crippen molar-refractivity contribution >= 4 is 51.7 Å². The standard InChI is InChI=1S/C28H28ClFN4O7/c1-2-41-28(40)17-6-3-14(9-21(17)35)32-22(36)11-31-15-7-8-33(12-15)25-20(30)10-18-24(23(25)29)34(16-4-5-16)13-19(26(18)37)27(38)39/h3,6,9-10,13,15-16,31,35H,2,4-5,7-8,11-12H2,1H3,(H,32,36)(H,38,39). The van der Waals surface area contributed by atoms with Crippen LogP contribution in [0.2, 0.25) is 5.02 Å². The van der Waals surface area contributed by atoms with Crippen molar-refractivity contribution in [3.8, 4) is 5.75 Å². The van der Waals surface area contributed by atoms with Crippen LogP contribution in [0.25, 0.3) is 10.9 Å². The number of fused-ring (bicyclic) bond motifs is 1. The molecule has 1 saturated heterocycles. The van der Waals surface area contributed by atoms with Gasteiger partial charge < -0.3 is 35.1 Å². The second-order valence-electron chi connectivity index (χ2n) is 10.0. The van der Waals surface area contributed by atoms with Crippen LogP contribution in [0.3, 0.4) is 0 Å². The first-order valence-electron chi connectivity index (χ1n) is 13.2. The fourth-order valence-electron chi connectivity index (χ4n) is 5.08. The zero-order valence-electron chi connectivity index (χ0n) is 22.1. The number of carboxylic acids is 1. The molecule has 1 saturated carbocycles. The first-order chi connectivity index (χ1) is 19.6. The zero-order chi connectivity index (χ0) is 29.4. The number of aromatic nitrogens is 1. The molecule has 1 atom stereocenters. The van der Waals surface area contributed by atoms with E-state index in [-0.39, 0.29) is 58.6 Å². The Morgan fingerprint density at radius 1 is 1.17 bits per heavy atom. The van der Waals surface area contributed by atoms with Crippen LogP contribution >= 0.6 is 11.6 Å². The van der Waals surface area contributed by atoms with Gasteiger partial charge in [-0.05, 0) is 44.4 Å². The molecule has 0 bridgehead atoms. The Balaban J connectivity index is 1.27. The number of nitrogens with zero attached hydrogens (tertiary/aromatic N) is 2. The van der Waals surface area contributed by atoms with Crippen molar-refractivity contribution in [2.24, 2.45) is 0 Å². The highest BCUT2D eigenvalue weighted by Gasteiger charge is 2.32. The Labute approximate surface area is 238 Å². The molecule has 13 heteroatoms. The van der Waals surface area contributed by atoms with Gasteiger partial charge in [-0.1, -0.05) is 11.6 Å². The van der Waals surface area contributed by atoms with Gasteiger partial charge in [0.05, 0.1) is 34.8 Å². The van der Waals surface area contributed by atoms with Crippen LogP contribution in [0.4, 0.5) is 15.8 Å². The molecule has 0 spiro atoms. The molecule has 4 N–H and O–H groups in total. The summed E-state index contributed by atoms with van der Waals surface area (Å²) in [5.74, 6) is -3.48. The summed E-state index contributed by atoms with van der Waals surface area (Å²) in [6, 6.07) is 4.96. The molecule has 41 heavy (non-hydrogen) atoms. The molecule has 1 unspecified atom stereocenters. The van der Waals surface area contributed by atoms with Gasteiger partial charge in [0.25, 0.3) is 0 Å². The predicted octanol–water partition coefficient (Wildman–Crippen LogP) is 3.52. The summed E-state index contributed by atoms with van der Waals surface area (Å²) in [4.78, 5) is 50.5. The lowest BCUT2D eigenvalue weighted by atomic mass is 10.1. The van der Waals surface area contributed by atoms with Crippen LogP contribution in [-0.4, -0.2) is 64.9 Å². The van der Waals surface area contributed by atoms with E-state index in [0.29, 0.717) is 30.7 Å². The molecular formula is C28H28ClFN4O7. The van der Waals surface area contributed by atoms with Gasteiger partial charge in [0.2, 0.25) is 11.3 Å². The van der Waals surface area contributed by atoms with Crippen molar-refractivity contribution in [1.82, 2.24) is 9.88 Å². The highest BCUT2D eigenvalue weighted by Crippen LogP contribution is 2.42. The van der Waals surface area contributed by atoms with Crippen molar-refractivity contribution in [1.29, 1.82) is 0 Å². The number of esters is 1. The molecule has 1 aliphatic carbocycles. The smallest absolute Gasteiger partial charge is 0.341 e. The van der Waals surface area contributed by atoms with E-state index in [4.69, 9.17) is 16.3 Å². The molecule has 11 nitrogen and oxygen atoms in total. The highest BCUT2D eigenvalue weighted by atomic mass is 35.5. The number of ether oxygens (including phenoxy) is 1. The summed E-state index contributed by atoms with van der Waals surface area (Å²) in [7, 11) is 0. The van der Waals surface area contributed by atoms with Gasteiger partial charge in [0, 0.05) is 43.1 Å². The number of halogens is 2. The number of phenolic OH excluding ortho intramolecular Hbond substituents is 1. The molecule has 1 aromatic heterocycles. The summed E-state index contributed by atoms with van der Waals surface area (Å²) < 4.78 is 21.9. The Kier molecular flexibility index (Phi) is 7.87. The van der Waals surface area contributed by atoms with Crippen molar-refractivity contribution in [3.63, 3.8) is 0 Å². The van der Waals surface area contributed by atoms with Crippen LogP contribution in [0.15, 0.2) is 35.3 Å². The van der Waals surface area contributed by atoms with Crippen LogP contribution in [0.5, 0.6) is 5.75 Å². The SMILES string of the molecule is CCOC(=O)c1ccc(NC(=O)CNC2CCN(c3c(F)cc4c(=O)c(C(=O)O)cn(C5CC5)c4c3Cl)C2)cc1O. The monoisotopic (exact) mass is 586 g/mol. The molecule has 5 rings (SSSR count). The number of benzene rings is 2. The maximum absolute atomic E-state index is 15.4. The number of carbonyl (C=O) groups excluding carboxylic acids is 2.